The minimum atomic E-state index is 0.922. The van der Waals surface area contributed by atoms with Crippen molar-refractivity contribution in [1.29, 1.82) is 0 Å². The zero-order valence-electron chi connectivity index (χ0n) is 11.7. The van der Waals surface area contributed by atoms with Crippen LogP contribution >= 0.6 is 11.3 Å². The van der Waals surface area contributed by atoms with Crippen LogP contribution < -0.4 is 5.73 Å². The standard InChI is InChI=1S/C16H17N3S/c1-9-5-3-7-11-14(9)19(2)16(18-11)13-10-6-4-8-12(10)20-15(13)17/h3,5,7H,4,6,8,17H2,1-2H3. The molecule has 0 bridgehead atoms. The van der Waals surface area contributed by atoms with Gasteiger partial charge < -0.3 is 10.3 Å². The second-order valence-electron chi connectivity index (χ2n) is 5.53. The third-order valence-corrected chi connectivity index (χ3v) is 5.39. The van der Waals surface area contributed by atoms with Gasteiger partial charge in [0.05, 0.1) is 21.6 Å². The van der Waals surface area contributed by atoms with E-state index in [-0.39, 0.29) is 0 Å². The fourth-order valence-corrected chi connectivity index (χ4v) is 4.52. The molecule has 0 fully saturated rings. The normalized spacial score (nSPS) is 14.1. The number of anilines is 1. The summed E-state index contributed by atoms with van der Waals surface area (Å²) in [5, 5.41) is 0.922. The lowest BCUT2D eigenvalue weighted by molar-refractivity contribution is 0.910. The summed E-state index contributed by atoms with van der Waals surface area (Å²) in [7, 11) is 2.09. The van der Waals surface area contributed by atoms with Crippen molar-refractivity contribution in [2.75, 3.05) is 5.73 Å². The first-order chi connectivity index (χ1) is 9.66. The predicted molar refractivity (Wildman–Crippen MR) is 85.2 cm³/mol. The highest BCUT2D eigenvalue weighted by atomic mass is 32.1. The predicted octanol–water partition coefficient (Wildman–Crippen LogP) is 3.68. The maximum absolute atomic E-state index is 6.28. The van der Waals surface area contributed by atoms with Gasteiger partial charge in [-0.2, -0.15) is 0 Å². The van der Waals surface area contributed by atoms with Crippen LogP contribution in [0.2, 0.25) is 0 Å². The third-order valence-electron chi connectivity index (χ3n) is 4.27. The number of hydrogen-bond donors (Lipinski definition) is 1. The van der Waals surface area contributed by atoms with Gasteiger partial charge in [-0.1, -0.05) is 12.1 Å². The van der Waals surface area contributed by atoms with Crippen molar-refractivity contribution >= 4 is 27.4 Å². The number of hydrogen-bond acceptors (Lipinski definition) is 3. The molecule has 2 N–H and O–H groups in total. The number of nitrogens with zero attached hydrogens (tertiary/aromatic N) is 2. The van der Waals surface area contributed by atoms with Crippen molar-refractivity contribution in [2.45, 2.75) is 26.2 Å². The molecule has 1 aliphatic rings. The Hall–Kier alpha value is -1.81. The minimum absolute atomic E-state index is 0.922. The van der Waals surface area contributed by atoms with Gasteiger partial charge in [0.25, 0.3) is 0 Å². The first kappa shape index (κ1) is 12.0. The molecule has 0 radical (unpaired) electrons. The monoisotopic (exact) mass is 283 g/mol. The summed E-state index contributed by atoms with van der Waals surface area (Å²) in [6.45, 7) is 2.13. The van der Waals surface area contributed by atoms with Crippen LogP contribution in [0.5, 0.6) is 0 Å². The molecule has 2 aromatic heterocycles. The van der Waals surface area contributed by atoms with Crippen molar-refractivity contribution < 1.29 is 0 Å². The Kier molecular flexibility index (Phi) is 2.45. The van der Waals surface area contributed by atoms with Gasteiger partial charge in [0.1, 0.15) is 5.82 Å². The minimum Gasteiger partial charge on any atom is -0.390 e. The Morgan fingerprint density at radius 3 is 2.95 bits per heavy atom. The van der Waals surface area contributed by atoms with Crippen LogP contribution in [0.4, 0.5) is 5.00 Å². The number of benzene rings is 1. The highest BCUT2D eigenvalue weighted by Gasteiger charge is 2.25. The Labute approximate surface area is 122 Å². The molecule has 0 aliphatic heterocycles. The van der Waals surface area contributed by atoms with Gasteiger partial charge in [0.15, 0.2) is 0 Å². The second kappa shape index (κ2) is 4.09. The van der Waals surface area contributed by atoms with Gasteiger partial charge in [-0.05, 0) is 43.4 Å². The number of para-hydroxylation sites is 1. The van der Waals surface area contributed by atoms with E-state index < -0.39 is 0 Å². The van der Waals surface area contributed by atoms with E-state index in [9.17, 15) is 0 Å². The Morgan fingerprint density at radius 1 is 1.30 bits per heavy atom. The summed E-state index contributed by atoms with van der Waals surface area (Å²) in [6.07, 6.45) is 3.56. The van der Waals surface area contributed by atoms with E-state index in [1.54, 1.807) is 11.3 Å². The number of nitrogens with two attached hydrogens (primary N) is 1. The molecule has 1 aromatic carbocycles. The number of fused-ring (bicyclic) bond motifs is 2. The van der Waals surface area contributed by atoms with Gasteiger partial charge in [-0.3, -0.25) is 0 Å². The molecule has 2 heterocycles. The zero-order chi connectivity index (χ0) is 13.9. The van der Waals surface area contributed by atoms with Crippen molar-refractivity contribution in [3.05, 3.63) is 34.2 Å². The largest absolute Gasteiger partial charge is 0.390 e. The molecule has 3 aromatic rings. The first-order valence-corrected chi connectivity index (χ1v) is 7.81. The molecule has 4 heteroatoms. The van der Waals surface area contributed by atoms with Crippen molar-refractivity contribution in [3.8, 4) is 11.4 Å². The molecule has 102 valence electrons. The molecule has 0 amide bonds. The molecule has 1 aliphatic carbocycles. The van der Waals surface area contributed by atoms with Crippen LogP contribution in [0, 0.1) is 6.92 Å². The summed E-state index contributed by atoms with van der Waals surface area (Å²) < 4.78 is 2.20. The average Bonchev–Trinajstić information content (AvgIpc) is 3.04. The van der Waals surface area contributed by atoms with Crippen LogP contribution in [0.1, 0.15) is 22.4 Å². The molecule has 4 rings (SSSR count). The third kappa shape index (κ3) is 1.48. The number of aryl methyl sites for hydroxylation is 3. The Bertz CT molecular complexity index is 826. The molecular formula is C16H17N3S. The van der Waals surface area contributed by atoms with E-state index in [2.05, 4.69) is 36.7 Å². The van der Waals surface area contributed by atoms with Crippen LogP contribution in [0.3, 0.4) is 0 Å². The van der Waals surface area contributed by atoms with Crippen LogP contribution in [0.25, 0.3) is 22.4 Å². The summed E-state index contributed by atoms with van der Waals surface area (Å²) in [4.78, 5) is 6.30. The van der Waals surface area contributed by atoms with Crippen molar-refractivity contribution in [3.63, 3.8) is 0 Å². The number of thiophene rings is 1. The van der Waals surface area contributed by atoms with Crippen molar-refractivity contribution in [2.24, 2.45) is 7.05 Å². The zero-order valence-corrected chi connectivity index (χ0v) is 12.5. The van der Waals surface area contributed by atoms with Crippen LogP contribution in [-0.4, -0.2) is 9.55 Å². The topological polar surface area (TPSA) is 43.8 Å². The number of aromatic nitrogens is 2. The van der Waals surface area contributed by atoms with Gasteiger partial charge in [-0.25, -0.2) is 4.98 Å². The van der Waals surface area contributed by atoms with E-state index in [0.717, 1.165) is 22.8 Å². The lowest BCUT2D eigenvalue weighted by atomic mass is 10.1. The fraction of sp³-hybridized carbons (Fsp3) is 0.312. The molecule has 0 unspecified atom stereocenters. The highest BCUT2D eigenvalue weighted by Crippen LogP contribution is 2.43. The maximum Gasteiger partial charge on any atom is 0.144 e. The smallest absolute Gasteiger partial charge is 0.144 e. The van der Waals surface area contributed by atoms with Gasteiger partial charge in [-0.15, -0.1) is 11.3 Å². The van der Waals surface area contributed by atoms with E-state index >= 15 is 0 Å². The highest BCUT2D eigenvalue weighted by molar-refractivity contribution is 7.16. The average molecular weight is 283 g/mol. The number of nitrogen functional groups attached to an aromatic ring is 1. The quantitative estimate of drug-likeness (QED) is 0.740. The number of imidazole rings is 1. The fourth-order valence-electron chi connectivity index (χ4n) is 3.36. The van der Waals surface area contributed by atoms with Gasteiger partial charge in [0.2, 0.25) is 0 Å². The van der Waals surface area contributed by atoms with Crippen LogP contribution in [-0.2, 0) is 19.9 Å². The molecule has 0 saturated heterocycles. The lowest BCUT2D eigenvalue weighted by Crippen LogP contribution is -1.97. The van der Waals surface area contributed by atoms with Crippen LogP contribution in [0.15, 0.2) is 18.2 Å². The molecule has 0 saturated carbocycles. The molecular weight excluding hydrogens is 266 g/mol. The molecule has 0 spiro atoms. The van der Waals surface area contributed by atoms with E-state index in [1.165, 1.54) is 39.9 Å². The summed E-state index contributed by atoms with van der Waals surface area (Å²) in [5.74, 6) is 1.02. The second-order valence-corrected chi connectivity index (χ2v) is 6.67. The summed E-state index contributed by atoms with van der Waals surface area (Å²) >= 11 is 1.75. The van der Waals surface area contributed by atoms with Gasteiger partial charge >= 0.3 is 0 Å². The van der Waals surface area contributed by atoms with Gasteiger partial charge in [0, 0.05) is 11.9 Å². The van der Waals surface area contributed by atoms with E-state index in [1.807, 2.05) is 0 Å². The molecule has 3 nitrogen and oxygen atoms in total. The Balaban J connectivity index is 2.04. The lowest BCUT2D eigenvalue weighted by Gasteiger charge is -2.05. The first-order valence-electron chi connectivity index (χ1n) is 6.99. The SMILES string of the molecule is Cc1cccc2nc(-c3c(N)sc4c3CCC4)n(C)c12. The molecule has 20 heavy (non-hydrogen) atoms. The van der Waals surface area contributed by atoms with E-state index in [4.69, 9.17) is 10.7 Å². The maximum atomic E-state index is 6.28. The summed E-state index contributed by atoms with van der Waals surface area (Å²) in [6, 6.07) is 6.28. The Morgan fingerprint density at radius 2 is 2.15 bits per heavy atom. The number of rotatable bonds is 1. The van der Waals surface area contributed by atoms with Crippen molar-refractivity contribution in [1.82, 2.24) is 9.55 Å². The van der Waals surface area contributed by atoms with E-state index in [0.29, 0.717) is 0 Å². The summed E-state index contributed by atoms with van der Waals surface area (Å²) in [5.41, 5.74) is 12.4. The molecule has 0 atom stereocenters.